The molecule has 0 spiro atoms. The first-order chi connectivity index (χ1) is 6.79. The molecule has 0 aromatic carbocycles. The molecule has 0 atom stereocenters. The molecule has 0 bridgehead atoms. The third kappa shape index (κ3) is 2.14. The Kier molecular flexibility index (Phi) is 3.17. The standard InChI is InChI=1S/C7H3ClN2OS3/c8-5-4(3-11)13-7(10-5)14-6-9-1-2-12-6/h1-3H. The molecule has 2 aromatic heterocycles. The number of hydrogen-bond donors (Lipinski definition) is 0. The van der Waals surface area contributed by atoms with E-state index in [0.29, 0.717) is 11.2 Å². The Morgan fingerprint density at radius 2 is 2.36 bits per heavy atom. The highest BCUT2D eigenvalue weighted by atomic mass is 35.5. The molecule has 2 rings (SSSR count). The van der Waals surface area contributed by atoms with Crippen LogP contribution in [0.1, 0.15) is 9.67 Å². The normalized spacial score (nSPS) is 10.4. The van der Waals surface area contributed by atoms with E-state index in [1.807, 2.05) is 5.38 Å². The number of halogens is 1. The molecule has 0 saturated heterocycles. The van der Waals surface area contributed by atoms with Gasteiger partial charge in [0.05, 0.1) is 0 Å². The Bertz CT molecular complexity index is 440. The van der Waals surface area contributed by atoms with Gasteiger partial charge in [-0.1, -0.05) is 11.6 Å². The molecule has 72 valence electrons. The Hall–Kier alpha value is -0.430. The van der Waals surface area contributed by atoms with Gasteiger partial charge in [-0.05, 0) is 11.8 Å². The van der Waals surface area contributed by atoms with Crippen molar-refractivity contribution in [3.05, 3.63) is 21.6 Å². The Balaban J connectivity index is 2.21. The van der Waals surface area contributed by atoms with Crippen molar-refractivity contribution in [2.24, 2.45) is 0 Å². The molecule has 0 unspecified atom stereocenters. The average molecular weight is 263 g/mol. The number of aldehydes is 1. The maximum Gasteiger partial charge on any atom is 0.163 e. The highest BCUT2D eigenvalue weighted by molar-refractivity contribution is 8.02. The fourth-order valence-corrected chi connectivity index (χ4v) is 3.78. The van der Waals surface area contributed by atoms with Crippen molar-refractivity contribution >= 4 is 52.3 Å². The fourth-order valence-electron chi connectivity index (χ4n) is 0.746. The van der Waals surface area contributed by atoms with Crippen molar-refractivity contribution in [2.75, 3.05) is 0 Å². The zero-order valence-corrected chi connectivity index (χ0v) is 9.84. The topological polar surface area (TPSA) is 42.9 Å². The van der Waals surface area contributed by atoms with Gasteiger partial charge in [-0.15, -0.1) is 22.7 Å². The minimum atomic E-state index is 0.268. The number of hydrogen-bond acceptors (Lipinski definition) is 6. The zero-order chi connectivity index (χ0) is 9.97. The van der Waals surface area contributed by atoms with Crippen LogP contribution in [0.15, 0.2) is 20.3 Å². The van der Waals surface area contributed by atoms with Crippen LogP contribution in [0.2, 0.25) is 5.15 Å². The van der Waals surface area contributed by atoms with E-state index >= 15 is 0 Å². The first kappa shape index (κ1) is 10.1. The molecule has 0 amide bonds. The molecule has 0 N–H and O–H groups in total. The summed E-state index contributed by atoms with van der Waals surface area (Å²) in [6.45, 7) is 0. The second-order valence-electron chi connectivity index (χ2n) is 2.15. The summed E-state index contributed by atoms with van der Waals surface area (Å²) in [5.41, 5.74) is 0. The highest BCUT2D eigenvalue weighted by Crippen LogP contribution is 2.34. The Labute approximate surface area is 97.2 Å². The van der Waals surface area contributed by atoms with Gasteiger partial charge >= 0.3 is 0 Å². The van der Waals surface area contributed by atoms with Crippen LogP contribution in [0, 0.1) is 0 Å². The number of thiazole rings is 2. The van der Waals surface area contributed by atoms with E-state index in [2.05, 4.69) is 9.97 Å². The SMILES string of the molecule is O=Cc1sc(Sc2nccs2)nc1Cl. The molecular formula is C7H3ClN2OS3. The third-order valence-electron chi connectivity index (χ3n) is 1.28. The monoisotopic (exact) mass is 262 g/mol. The number of aromatic nitrogens is 2. The van der Waals surface area contributed by atoms with Crippen molar-refractivity contribution in [3.63, 3.8) is 0 Å². The molecule has 0 fully saturated rings. The molecule has 0 aliphatic carbocycles. The van der Waals surface area contributed by atoms with Crippen LogP contribution in [-0.2, 0) is 0 Å². The smallest absolute Gasteiger partial charge is 0.163 e. The van der Waals surface area contributed by atoms with Gasteiger partial charge in [0.1, 0.15) is 4.88 Å². The van der Waals surface area contributed by atoms with Crippen LogP contribution in [0.4, 0.5) is 0 Å². The van der Waals surface area contributed by atoms with Gasteiger partial charge in [0.15, 0.2) is 20.1 Å². The largest absolute Gasteiger partial charge is 0.297 e. The minimum absolute atomic E-state index is 0.268. The summed E-state index contributed by atoms with van der Waals surface area (Å²) in [6.07, 6.45) is 2.44. The van der Waals surface area contributed by atoms with Crippen molar-refractivity contribution in [1.29, 1.82) is 0 Å². The summed E-state index contributed by atoms with van der Waals surface area (Å²) < 4.78 is 1.64. The van der Waals surface area contributed by atoms with Gasteiger partial charge in [-0.2, -0.15) is 0 Å². The fraction of sp³-hybridized carbons (Fsp3) is 0. The molecule has 0 aliphatic rings. The Morgan fingerprint density at radius 1 is 1.50 bits per heavy atom. The maximum atomic E-state index is 10.5. The molecule has 7 heteroatoms. The van der Waals surface area contributed by atoms with Crippen LogP contribution in [0.3, 0.4) is 0 Å². The van der Waals surface area contributed by atoms with E-state index < -0.39 is 0 Å². The van der Waals surface area contributed by atoms with Gasteiger partial charge in [0, 0.05) is 11.6 Å². The third-order valence-corrected chi connectivity index (χ3v) is 4.61. The first-order valence-corrected chi connectivity index (χ1v) is 6.37. The Morgan fingerprint density at radius 3 is 2.93 bits per heavy atom. The quantitative estimate of drug-likeness (QED) is 0.797. The van der Waals surface area contributed by atoms with E-state index in [1.165, 1.54) is 34.4 Å². The highest BCUT2D eigenvalue weighted by Gasteiger charge is 2.10. The number of carbonyl (C=O) groups is 1. The summed E-state index contributed by atoms with van der Waals surface area (Å²) in [4.78, 5) is 19.1. The molecule has 3 nitrogen and oxygen atoms in total. The summed E-state index contributed by atoms with van der Waals surface area (Å²) in [7, 11) is 0. The molecule has 0 saturated carbocycles. The molecule has 0 aliphatic heterocycles. The van der Waals surface area contributed by atoms with E-state index in [0.717, 1.165) is 8.68 Å². The van der Waals surface area contributed by atoms with Crippen molar-refractivity contribution in [2.45, 2.75) is 8.68 Å². The minimum Gasteiger partial charge on any atom is -0.297 e. The van der Waals surface area contributed by atoms with Gasteiger partial charge in [0.2, 0.25) is 0 Å². The van der Waals surface area contributed by atoms with Crippen LogP contribution < -0.4 is 0 Å². The zero-order valence-electron chi connectivity index (χ0n) is 6.64. The lowest BCUT2D eigenvalue weighted by Crippen LogP contribution is -1.71. The van der Waals surface area contributed by atoms with E-state index in [4.69, 9.17) is 11.6 Å². The van der Waals surface area contributed by atoms with Crippen LogP contribution in [0.25, 0.3) is 0 Å². The number of nitrogens with zero attached hydrogens (tertiary/aromatic N) is 2. The van der Waals surface area contributed by atoms with Crippen molar-refractivity contribution < 1.29 is 4.79 Å². The van der Waals surface area contributed by atoms with Gasteiger partial charge in [0.25, 0.3) is 0 Å². The summed E-state index contributed by atoms with van der Waals surface area (Å²) in [6, 6.07) is 0. The van der Waals surface area contributed by atoms with Crippen LogP contribution in [0.5, 0.6) is 0 Å². The van der Waals surface area contributed by atoms with E-state index in [9.17, 15) is 4.79 Å². The van der Waals surface area contributed by atoms with E-state index in [-0.39, 0.29) is 5.15 Å². The second-order valence-corrected chi connectivity index (χ2v) is 5.93. The predicted octanol–water partition coefficient (Wildman–Crippen LogP) is 3.22. The van der Waals surface area contributed by atoms with Crippen molar-refractivity contribution in [3.8, 4) is 0 Å². The van der Waals surface area contributed by atoms with Gasteiger partial charge in [-0.25, -0.2) is 9.97 Å². The summed E-state index contributed by atoms with van der Waals surface area (Å²) >= 11 is 9.94. The molecule has 2 aromatic rings. The lowest BCUT2D eigenvalue weighted by molar-refractivity contribution is 0.112. The van der Waals surface area contributed by atoms with Crippen LogP contribution >= 0.6 is 46.0 Å². The second kappa shape index (κ2) is 4.39. The van der Waals surface area contributed by atoms with Gasteiger partial charge < -0.3 is 0 Å². The predicted molar refractivity (Wildman–Crippen MR) is 58.7 cm³/mol. The maximum absolute atomic E-state index is 10.5. The lowest BCUT2D eigenvalue weighted by Gasteiger charge is -1.87. The van der Waals surface area contributed by atoms with E-state index in [1.54, 1.807) is 6.20 Å². The summed E-state index contributed by atoms with van der Waals surface area (Å²) in [5.74, 6) is 0. The molecule has 14 heavy (non-hydrogen) atoms. The molecule has 2 heterocycles. The number of rotatable bonds is 3. The van der Waals surface area contributed by atoms with Crippen molar-refractivity contribution in [1.82, 2.24) is 9.97 Å². The number of carbonyl (C=O) groups excluding carboxylic acids is 1. The lowest BCUT2D eigenvalue weighted by atomic mass is 10.6. The summed E-state index contributed by atoms with van der Waals surface area (Å²) in [5, 5.41) is 2.15. The van der Waals surface area contributed by atoms with Crippen LogP contribution in [-0.4, -0.2) is 16.3 Å². The van der Waals surface area contributed by atoms with Gasteiger partial charge in [-0.3, -0.25) is 4.79 Å². The molecular weight excluding hydrogens is 260 g/mol. The first-order valence-electron chi connectivity index (χ1n) is 3.48. The average Bonchev–Trinajstić information content (AvgIpc) is 2.76. The molecule has 0 radical (unpaired) electrons.